The zero-order chi connectivity index (χ0) is 38.7. The molecule has 7 heteroatoms. The lowest BCUT2D eigenvalue weighted by Gasteiger charge is -2.20. The van der Waals surface area contributed by atoms with E-state index in [1.807, 2.05) is 78.9 Å². The van der Waals surface area contributed by atoms with Crippen molar-refractivity contribution in [1.29, 1.82) is 0 Å². The van der Waals surface area contributed by atoms with Gasteiger partial charge in [0.05, 0.1) is 16.6 Å². The largest absolute Gasteiger partial charge is 0.416 e. The molecule has 0 saturated carbocycles. The second kappa shape index (κ2) is 13.3. The Hall–Kier alpha value is -6.08. The van der Waals surface area contributed by atoms with E-state index in [1.54, 1.807) is 6.07 Å². The van der Waals surface area contributed by atoms with Gasteiger partial charge < -0.3 is 4.57 Å². The minimum absolute atomic E-state index is 0.100. The zero-order valence-corrected chi connectivity index (χ0v) is 31.7. The van der Waals surface area contributed by atoms with Gasteiger partial charge in [-0.25, -0.2) is 15.0 Å². The Labute approximate surface area is 319 Å². The van der Waals surface area contributed by atoms with Crippen molar-refractivity contribution < 1.29 is 13.2 Å². The quantitative estimate of drug-likeness (QED) is 0.177. The van der Waals surface area contributed by atoms with Crippen LogP contribution in [0.25, 0.3) is 72.8 Å². The van der Waals surface area contributed by atoms with Gasteiger partial charge in [-0.2, -0.15) is 13.2 Å². The first kappa shape index (κ1) is 35.9. The van der Waals surface area contributed by atoms with E-state index in [4.69, 9.17) is 15.0 Å². The Morgan fingerprint density at radius 1 is 0.418 bits per heavy atom. The Kier molecular flexibility index (Phi) is 8.71. The molecule has 0 amide bonds. The highest BCUT2D eigenvalue weighted by Crippen LogP contribution is 2.41. The van der Waals surface area contributed by atoms with Gasteiger partial charge in [-0.1, -0.05) is 145 Å². The summed E-state index contributed by atoms with van der Waals surface area (Å²) >= 11 is 0. The topological polar surface area (TPSA) is 43.6 Å². The first-order valence-electron chi connectivity index (χ1n) is 18.4. The molecule has 0 unspecified atom stereocenters. The molecule has 2 heterocycles. The standard InChI is InChI=1S/C48H41F3N4/c1-46(2,3)33-20-23-38-39-24-21-34(47(4,5)6)28-42(39)55(41(38)27-33)36-22-25-37(32-18-13-19-35(26-32)48(49,50)51)40(29-36)45-53-43(30-14-9-7-10-15-30)52-44(54-45)31-16-11-8-12-17-31/h7-29H,1-6H3. The summed E-state index contributed by atoms with van der Waals surface area (Å²) in [5.41, 5.74) is 7.54. The van der Waals surface area contributed by atoms with Gasteiger partial charge in [-0.3, -0.25) is 0 Å². The van der Waals surface area contributed by atoms with Crippen molar-refractivity contribution in [2.24, 2.45) is 0 Å². The number of hydrogen-bond acceptors (Lipinski definition) is 3. The van der Waals surface area contributed by atoms with Crippen LogP contribution in [0.3, 0.4) is 0 Å². The molecule has 0 aliphatic heterocycles. The number of aromatic nitrogens is 4. The van der Waals surface area contributed by atoms with E-state index in [0.717, 1.165) is 44.7 Å². The second-order valence-corrected chi connectivity index (χ2v) is 16.1. The molecule has 0 aliphatic rings. The molecule has 0 radical (unpaired) electrons. The molecule has 0 bridgehead atoms. The molecule has 2 aromatic heterocycles. The van der Waals surface area contributed by atoms with E-state index in [0.29, 0.717) is 34.2 Å². The molecule has 0 fully saturated rings. The summed E-state index contributed by atoms with van der Waals surface area (Å²) in [6.07, 6.45) is -4.51. The number of alkyl halides is 3. The Morgan fingerprint density at radius 2 is 0.909 bits per heavy atom. The Balaban J connectivity index is 1.46. The van der Waals surface area contributed by atoms with Crippen LogP contribution in [0.4, 0.5) is 13.2 Å². The monoisotopic (exact) mass is 730 g/mol. The maximum atomic E-state index is 14.1. The van der Waals surface area contributed by atoms with Crippen LogP contribution in [-0.2, 0) is 17.0 Å². The third-order valence-corrected chi connectivity index (χ3v) is 10.2. The SMILES string of the molecule is CC(C)(C)c1ccc2c3ccc(C(C)(C)C)cc3n(-c3ccc(-c4cccc(C(F)(F)F)c4)c(-c4nc(-c5ccccc5)nc(-c5ccccc5)n4)c3)c2c1. The fourth-order valence-corrected chi connectivity index (χ4v) is 7.13. The van der Waals surface area contributed by atoms with Crippen LogP contribution in [0.5, 0.6) is 0 Å². The average molecular weight is 731 g/mol. The molecule has 0 spiro atoms. The highest BCUT2D eigenvalue weighted by molar-refractivity contribution is 6.10. The molecule has 0 N–H and O–H groups in total. The van der Waals surface area contributed by atoms with Crippen molar-refractivity contribution >= 4 is 21.8 Å². The molecule has 55 heavy (non-hydrogen) atoms. The smallest absolute Gasteiger partial charge is 0.309 e. The van der Waals surface area contributed by atoms with E-state index in [1.165, 1.54) is 23.3 Å². The van der Waals surface area contributed by atoms with Crippen LogP contribution in [-0.4, -0.2) is 19.5 Å². The molecule has 0 saturated heterocycles. The summed E-state index contributed by atoms with van der Waals surface area (Å²) in [5, 5.41) is 2.23. The van der Waals surface area contributed by atoms with E-state index in [2.05, 4.69) is 82.5 Å². The van der Waals surface area contributed by atoms with Crippen LogP contribution < -0.4 is 0 Å². The average Bonchev–Trinajstić information content (AvgIpc) is 3.50. The van der Waals surface area contributed by atoms with E-state index in [-0.39, 0.29) is 10.8 Å². The summed E-state index contributed by atoms with van der Waals surface area (Å²) in [5.74, 6) is 1.28. The van der Waals surface area contributed by atoms with Crippen LogP contribution >= 0.6 is 0 Å². The molecule has 8 rings (SSSR count). The summed E-state index contributed by atoms with van der Waals surface area (Å²) in [7, 11) is 0. The van der Waals surface area contributed by atoms with E-state index >= 15 is 0 Å². The zero-order valence-electron chi connectivity index (χ0n) is 31.7. The molecular weight excluding hydrogens is 690 g/mol. The van der Waals surface area contributed by atoms with Crippen molar-refractivity contribution in [2.45, 2.75) is 58.5 Å². The highest BCUT2D eigenvalue weighted by atomic mass is 19.4. The highest BCUT2D eigenvalue weighted by Gasteiger charge is 2.31. The first-order chi connectivity index (χ1) is 26.1. The number of halogens is 3. The molecule has 0 aliphatic carbocycles. The fraction of sp³-hybridized carbons (Fsp3) is 0.188. The molecule has 8 aromatic rings. The van der Waals surface area contributed by atoms with Gasteiger partial charge in [-0.05, 0) is 69.5 Å². The Bertz CT molecular complexity index is 2570. The van der Waals surface area contributed by atoms with Crippen LogP contribution in [0.2, 0.25) is 0 Å². The molecule has 4 nitrogen and oxygen atoms in total. The van der Waals surface area contributed by atoms with Crippen LogP contribution in [0.15, 0.2) is 140 Å². The van der Waals surface area contributed by atoms with Crippen LogP contribution in [0, 0.1) is 0 Å². The molecular formula is C48H41F3N4. The third kappa shape index (κ3) is 6.91. The number of fused-ring (bicyclic) bond motifs is 3. The molecule has 274 valence electrons. The van der Waals surface area contributed by atoms with Gasteiger partial charge in [0.1, 0.15) is 0 Å². The van der Waals surface area contributed by atoms with Crippen molar-refractivity contribution in [3.8, 4) is 51.0 Å². The number of hydrogen-bond donors (Lipinski definition) is 0. The van der Waals surface area contributed by atoms with Gasteiger partial charge >= 0.3 is 6.18 Å². The van der Waals surface area contributed by atoms with Crippen LogP contribution in [0.1, 0.15) is 58.2 Å². The van der Waals surface area contributed by atoms with Gasteiger partial charge in [0.25, 0.3) is 0 Å². The summed E-state index contributed by atoms with van der Waals surface area (Å²) < 4.78 is 44.7. The number of benzene rings is 6. The predicted octanol–water partition coefficient (Wildman–Crippen LogP) is 13.3. The summed E-state index contributed by atoms with van der Waals surface area (Å²) in [6.45, 7) is 13.2. The maximum absolute atomic E-state index is 14.1. The second-order valence-electron chi connectivity index (χ2n) is 16.1. The summed E-state index contributed by atoms with van der Waals surface area (Å²) in [4.78, 5) is 15.0. The molecule has 6 aromatic carbocycles. The summed E-state index contributed by atoms with van der Waals surface area (Å²) in [6, 6.07) is 44.0. The lowest BCUT2D eigenvalue weighted by Crippen LogP contribution is -2.11. The Morgan fingerprint density at radius 3 is 1.40 bits per heavy atom. The number of nitrogens with zero attached hydrogens (tertiary/aromatic N) is 4. The molecule has 0 atom stereocenters. The number of rotatable bonds is 5. The third-order valence-electron chi connectivity index (χ3n) is 10.2. The first-order valence-corrected chi connectivity index (χ1v) is 18.4. The van der Waals surface area contributed by atoms with Gasteiger partial charge in [-0.15, -0.1) is 0 Å². The lowest BCUT2D eigenvalue weighted by molar-refractivity contribution is -0.137. The lowest BCUT2D eigenvalue weighted by atomic mass is 9.86. The van der Waals surface area contributed by atoms with Crippen molar-refractivity contribution in [2.75, 3.05) is 0 Å². The van der Waals surface area contributed by atoms with Crippen molar-refractivity contribution in [1.82, 2.24) is 19.5 Å². The minimum Gasteiger partial charge on any atom is -0.309 e. The van der Waals surface area contributed by atoms with E-state index < -0.39 is 11.7 Å². The van der Waals surface area contributed by atoms with E-state index in [9.17, 15) is 13.2 Å². The minimum atomic E-state index is -4.51. The van der Waals surface area contributed by atoms with Gasteiger partial charge in [0.15, 0.2) is 17.5 Å². The van der Waals surface area contributed by atoms with Gasteiger partial charge in [0, 0.05) is 33.2 Å². The fourth-order valence-electron chi connectivity index (χ4n) is 7.13. The van der Waals surface area contributed by atoms with Crippen molar-refractivity contribution in [3.05, 3.63) is 156 Å². The van der Waals surface area contributed by atoms with Crippen molar-refractivity contribution in [3.63, 3.8) is 0 Å². The predicted molar refractivity (Wildman–Crippen MR) is 218 cm³/mol. The normalized spacial score (nSPS) is 12.5. The maximum Gasteiger partial charge on any atom is 0.416 e. The van der Waals surface area contributed by atoms with Gasteiger partial charge in [0.2, 0.25) is 0 Å².